The average molecular weight is 409 g/mol. The number of esters is 1. The third-order valence-electron chi connectivity index (χ3n) is 4.50. The zero-order chi connectivity index (χ0) is 17.3. The predicted molar refractivity (Wildman–Crippen MR) is 99.6 cm³/mol. The number of ether oxygens (including phenoxy) is 1. The van der Waals surface area contributed by atoms with Gasteiger partial charge in [0.2, 0.25) is 0 Å². The highest BCUT2D eigenvalue weighted by molar-refractivity contribution is 9.10. The lowest BCUT2D eigenvalue weighted by molar-refractivity contribution is -0.131. The summed E-state index contributed by atoms with van der Waals surface area (Å²) in [4.78, 5) is 13.8. The smallest absolute Gasteiger partial charge is 0.308 e. The fourth-order valence-electron chi connectivity index (χ4n) is 3.50. The molecule has 5 heteroatoms. The van der Waals surface area contributed by atoms with Gasteiger partial charge in [-0.1, -0.05) is 45.7 Å². The number of carbonyl (C=O) groups is 1. The van der Waals surface area contributed by atoms with Gasteiger partial charge in [0.15, 0.2) is 0 Å². The summed E-state index contributed by atoms with van der Waals surface area (Å²) >= 11 is 9.90. The summed E-state index contributed by atoms with van der Waals surface area (Å²) < 4.78 is 6.52. The van der Waals surface area contributed by atoms with E-state index < -0.39 is 0 Å². The highest BCUT2D eigenvalue weighted by Gasteiger charge is 2.36. The van der Waals surface area contributed by atoms with Crippen LogP contribution in [-0.2, 0) is 4.79 Å². The van der Waals surface area contributed by atoms with Gasteiger partial charge in [0.25, 0.3) is 0 Å². The molecule has 3 nitrogen and oxygen atoms in total. The molecule has 0 aliphatic carbocycles. The molecule has 0 aromatic heterocycles. The molecule has 0 N–H and O–H groups in total. The second-order valence-corrected chi connectivity index (χ2v) is 7.41. The number of likely N-dealkylation sites (tertiary alicyclic amines) is 1. The molecule has 0 saturated carbocycles. The van der Waals surface area contributed by atoms with Crippen LogP contribution in [0.4, 0.5) is 0 Å². The second kappa shape index (κ2) is 7.26. The summed E-state index contributed by atoms with van der Waals surface area (Å²) in [5.74, 6) is 0.494. The van der Waals surface area contributed by atoms with Crippen LogP contribution in [0.5, 0.6) is 5.75 Å². The van der Waals surface area contributed by atoms with Crippen LogP contribution in [0.2, 0.25) is 5.02 Å². The van der Waals surface area contributed by atoms with Crippen molar-refractivity contribution in [1.82, 2.24) is 4.90 Å². The van der Waals surface area contributed by atoms with Crippen molar-refractivity contribution in [1.29, 1.82) is 0 Å². The zero-order valence-corrected chi connectivity index (χ0v) is 16.0. The Morgan fingerprint density at radius 2 is 2.00 bits per heavy atom. The second-order valence-electron chi connectivity index (χ2n) is 6.12. The minimum Gasteiger partial charge on any atom is -0.426 e. The van der Waals surface area contributed by atoms with Crippen LogP contribution >= 0.6 is 27.5 Å². The van der Waals surface area contributed by atoms with E-state index in [1.807, 2.05) is 18.2 Å². The van der Waals surface area contributed by atoms with Gasteiger partial charge in [-0.3, -0.25) is 9.69 Å². The average Bonchev–Trinajstić information content (AvgIpc) is 2.91. The van der Waals surface area contributed by atoms with Gasteiger partial charge < -0.3 is 4.74 Å². The maximum absolute atomic E-state index is 11.5. The van der Waals surface area contributed by atoms with Gasteiger partial charge in [-0.25, -0.2) is 0 Å². The molecule has 0 bridgehead atoms. The fraction of sp³-hybridized carbons (Fsp3) is 0.316. The lowest BCUT2D eigenvalue weighted by atomic mass is 9.87. The highest BCUT2D eigenvalue weighted by atomic mass is 79.9. The van der Waals surface area contributed by atoms with E-state index in [1.54, 1.807) is 12.1 Å². The molecule has 1 aliphatic rings. The van der Waals surface area contributed by atoms with Crippen molar-refractivity contribution in [3.8, 4) is 5.75 Å². The first-order valence-electron chi connectivity index (χ1n) is 7.90. The van der Waals surface area contributed by atoms with Crippen LogP contribution < -0.4 is 4.74 Å². The van der Waals surface area contributed by atoms with Crippen molar-refractivity contribution in [2.45, 2.75) is 25.3 Å². The number of nitrogens with zero attached hydrogens (tertiary/aromatic N) is 1. The molecular weight excluding hydrogens is 390 g/mol. The van der Waals surface area contributed by atoms with Gasteiger partial charge in [0, 0.05) is 33.9 Å². The molecule has 3 rings (SSSR count). The Bertz CT molecular complexity index is 765. The number of hydrogen-bond donors (Lipinski definition) is 0. The number of carbonyl (C=O) groups excluding carboxylic acids is 1. The van der Waals surface area contributed by atoms with E-state index in [-0.39, 0.29) is 17.9 Å². The molecule has 1 aliphatic heterocycles. The Labute approximate surface area is 155 Å². The van der Waals surface area contributed by atoms with E-state index in [2.05, 4.69) is 40.0 Å². The molecule has 2 aromatic rings. The van der Waals surface area contributed by atoms with Gasteiger partial charge in [0.05, 0.1) is 0 Å². The third-order valence-corrected chi connectivity index (χ3v) is 5.45. The largest absolute Gasteiger partial charge is 0.426 e. The molecule has 2 aromatic carbocycles. The molecule has 24 heavy (non-hydrogen) atoms. The van der Waals surface area contributed by atoms with E-state index in [1.165, 1.54) is 12.5 Å². The Morgan fingerprint density at radius 3 is 2.71 bits per heavy atom. The predicted octanol–water partition coefficient (Wildman–Crippen LogP) is 5.19. The highest BCUT2D eigenvalue weighted by Crippen LogP contribution is 2.47. The first-order chi connectivity index (χ1) is 11.5. The van der Waals surface area contributed by atoms with Crippen LogP contribution in [0.3, 0.4) is 0 Å². The van der Waals surface area contributed by atoms with Crippen LogP contribution in [0.1, 0.15) is 36.4 Å². The molecule has 126 valence electrons. The van der Waals surface area contributed by atoms with Crippen LogP contribution in [0, 0.1) is 0 Å². The van der Waals surface area contributed by atoms with Crippen LogP contribution in [0.25, 0.3) is 0 Å². The molecule has 0 unspecified atom stereocenters. The first-order valence-corrected chi connectivity index (χ1v) is 9.07. The van der Waals surface area contributed by atoms with Crippen molar-refractivity contribution >= 4 is 33.5 Å². The van der Waals surface area contributed by atoms with Gasteiger partial charge in [-0.05, 0) is 49.8 Å². The normalized spacial score (nSPS) is 21.0. The summed E-state index contributed by atoms with van der Waals surface area (Å²) in [6.45, 7) is 2.40. The van der Waals surface area contributed by atoms with Crippen LogP contribution in [0.15, 0.2) is 46.9 Å². The molecular formula is C19H19BrClNO2. The molecule has 1 heterocycles. The molecule has 0 spiro atoms. The van der Waals surface area contributed by atoms with E-state index in [0.717, 1.165) is 23.0 Å². The lowest BCUT2D eigenvalue weighted by Gasteiger charge is -2.27. The quantitative estimate of drug-likeness (QED) is 0.517. The zero-order valence-electron chi connectivity index (χ0n) is 13.6. The van der Waals surface area contributed by atoms with Gasteiger partial charge in [-0.2, -0.15) is 0 Å². The monoisotopic (exact) mass is 407 g/mol. The molecule has 1 fully saturated rings. The maximum Gasteiger partial charge on any atom is 0.308 e. The fourth-order valence-corrected chi connectivity index (χ4v) is 4.20. The van der Waals surface area contributed by atoms with E-state index in [0.29, 0.717) is 10.8 Å². The summed E-state index contributed by atoms with van der Waals surface area (Å²) in [7, 11) is 2.13. The topological polar surface area (TPSA) is 29.5 Å². The van der Waals surface area contributed by atoms with E-state index >= 15 is 0 Å². The van der Waals surface area contributed by atoms with Crippen molar-refractivity contribution in [2.75, 3.05) is 13.6 Å². The molecule has 0 amide bonds. The number of halogens is 2. The minimum absolute atomic E-state index is 0.202. The first kappa shape index (κ1) is 17.5. The lowest BCUT2D eigenvalue weighted by Crippen LogP contribution is -2.21. The van der Waals surface area contributed by atoms with E-state index in [9.17, 15) is 4.79 Å². The number of likely N-dealkylation sites (N-methyl/N-ethyl adjacent to an activating group) is 1. The standard InChI is InChI=1S/C19H19BrClNO2/c1-12(23)24-18-8-7-13(21)11-16(18)14-9-10-22(2)19(14)15-5-3-4-6-17(15)20/h3-8,11,14,19H,9-10H2,1-2H3/t14-,19+/m1/s1. The van der Waals surface area contributed by atoms with Crippen LogP contribution in [-0.4, -0.2) is 24.5 Å². The molecule has 0 radical (unpaired) electrons. The van der Waals surface area contributed by atoms with E-state index in [4.69, 9.17) is 16.3 Å². The van der Waals surface area contributed by atoms with Gasteiger partial charge >= 0.3 is 5.97 Å². The van der Waals surface area contributed by atoms with Crippen molar-refractivity contribution in [3.63, 3.8) is 0 Å². The van der Waals surface area contributed by atoms with Crippen molar-refractivity contribution in [2.24, 2.45) is 0 Å². The van der Waals surface area contributed by atoms with Gasteiger partial charge in [0.1, 0.15) is 5.75 Å². The Balaban J connectivity index is 2.06. The van der Waals surface area contributed by atoms with Gasteiger partial charge in [-0.15, -0.1) is 0 Å². The number of hydrogen-bond acceptors (Lipinski definition) is 3. The summed E-state index contributed by atoms with van der Waals surface area (Å²) in [5, 5.41) is 0.654. The number of benzene rings is 2. The summed E-state index contributed by atoms with van der Waals surface area (Å²) in [6, 6.07) is 13.9. The SMILES string of the molecule is CC(=O)Oc1ccc(Cl)cc1[C@H]1CCN(C)[C@@H]1c1ccccc1Br. The third kappa shape index (κ3) is 3.51. The number of rotatable bonds is 3. The summed E-state index contributed by atoms with van der Waals surface area (Å²) in [5.41, 5.74) is 2.22. The Morgan fingerprint density at radius 1 is 1.25 bits per heavy atom. The Hall–Kier alpha value is -1.36. The Kier molecular flexibility index (Phi) is 5.28. The maximum atomic E-state index is 11.5. The minimum atomic E-state index is -0.317. The molecule has 1 saturated heterocycles. The molecule has 2 atom stereocenters. The summed E-state index contributed by atoms with van der Waals surface area (Å²) in [6.07, 6.45) is 0.983. The van der Waals surface area contributed by atoms with Crippen molar-refractivity contribution < 1.29 is 9.53 Å². The van der Waals surface area contributed by atoms with Crippen molar-refractivity contribution in [3.05, 3.63) is 63.1 Å².